The number of nitrogens with zero attached hydrogens (tertiary/aromatic N) is 2. The highest BCUT2D eigenvalue weighted by Crippen LogP contribution is 2.31. The summed E-state index contributed by atoms with van der Waals surface area (Å²) in [5.41, 5.74) is 2.17. The molecular weight excluding hydrogens is 342 g/mol. The molecular formula is C18H18ClN3OS. The fourth-order valence-electron chi connectivity index (χ4n) is 2.38. The van der Waals surface area contributed by atoms with Crippen molar-refractivity contribution >= 4 is 23.4 Å². The molecule has 1 N–H and O–H groups in total. The molecule has 0 bridgehead atoms. The van der Waals surface area contributed by atoms with E-state index in [2.05, 4.69) is 39.4 Å². The summed E-state index contributed by atoms with van der Waals surface area (Å²) >= 11 is 7.71. The summed E-state index contributed by atoms with van der Waals surface area (Å²) in [7, 11) is 1.63. The molecule has 24 heavy (non-hydrogen) atoms. The topological polar surface area (TPSA) is 50.8 Å². The lowest BCUT2D eigenvalue weighted by molar-refractivity contribution is 0.416. The van der Waals surface area contributed by atoms with Gasteiger partial charge in [0.25, 0.3) is 0 Å². The van der Waals surface area contributed by atoms with Crippen LogP contribution >= 0.6 is 23.4 Å². The van der Waals surface area contributed by atoms with E-state index in [1.54, 1.807) is 24.9 Å². The van der Waals surface area contributed by atoms with Crippen LogP contribution in [0.4, 0.5) is 0 Å². The number of aryl methyl sites for hydroxylation is 1. The average Bonchev–Trinajstić information content (AvgIpc) is 3.08. The van der Waals surface area contributed by atoms with E-state index in [1.807, 2.05) is 18.2 Å². The van der Waals surface area contributed by atoms with Crippen LogP contribution in [0.5, 0.6) is 5.75 Å². The number of aromatic amines is 1. The Morgan fingerprint density at radius 2 is 2.00 bits per heavy atom. The molecule has 4 nitrogen and oxygen atoms in total. The van der Waals surface area contributed by atoms with Gasteiger partial charge in [0, 0.05) is 10.8 Å². The van der Waals surface area contributed by atoms with E-state index in [9.17, 15) is 0 Å². The molecule has 0 saturated heterocycles. The predicted molar refractivity (Wildman–Crippen MR) is 98.9 cm³/mol. The van der Waals surface area contributed by atoms with Crippen molar-refractivity contribution in [2.75, 3.05) is 12.9 Å². The number of methoxy groups -OCH3 is 1. The lowest BCUT2D eigenvalue weighted by Crippen LogP contribution is -1.89. The second kappa shape index (κ2) is 8.22. The largest absolute Gasteiger partial charge is 0.496 e. The van der Waals surface area contributed by atoms with Crippen LogP contribution in [0.15, 0.2) is 53.7 Å². The van der Waals surface area contributed by atoms with E-state index in [4.69, 9.17) is 16.3 Å². The van der Waals surface area contributed by atoms with Crippen molar-refractivity contribution in [1.82, 2.24) is 15.2 Å². The quantitative estimate of drug-likeness (QED) is 0.483. The predicted octanol–water partition coefficient (Wildman–Crippen LogP) is 4.86. The molecule has 0 saturated carbocycles. The minimum atomic E-state index is 0.638. The molecule has 0 unspecified atom stereocenters. The van der Waals surface area contributed by atoms with Gasteiger partial charge >= 0.3 is 0 Å². The van der Waals surface area contributed by atoms with E-state index in [0.717, 1.165) is 35.1 Å². The number of rotatable bonds is 7. The Bertz CT molecular complexity index is 792. The first kappa shape index (κ1) is 16.9. The summed E-state index contributed by atoms with van der Waals surface area (Å²) in [4.78, 5) is 4.53. The van der Waals surface area contributed by atoms with Crippen molar-refractivity contribution in [3.63, 3.8) is 0 Å². The van der Waals surface area contributed by atoms with Crippen LogP contribution in [-0.4, -0.2) is 28.0 Å². The zero-order chi connectivity index (χ0) is 16.8. The summed E-state index contributed by atoms with van der Waals surface area (Å²) in [5.74, 6) is 2.36. The van der Waals surface area contributed by atoms with Gasteiger partial charge in [-0.15, -0.1) is 5.10 Å². The number of hydrogen-bond acceptors (Lipinski definition) is 4. The molecule has 0 radical (unpaired) electrons. The number of hydrogen-bond donors (Lipinski definition) is 1. The van der Waals surface area contributed by atoms with Gasteiger partial charge in [-0.05, 0) is 36.6 Å². The molecule has 124 valence electrons. The molecule has 1 heterocycles. The average molecular weight is 360 g/mol. The Labute approximate surface area is 150 Å². The van der Waals surface area contributed by atoms with Gasteiger partial charge < -0.3 is 4.74 Å². The molecule has 2 aromatic carbocycles. The van der Waals surface area contributed by atoms with Crippen LogP contribution in [0, 0.1) is 0 Å². The fourth-order valence-corrected chi connectivity index (χ4v) is 3.29. The Morgan fingerprint density at radius 1 is 1.17 bits per heavy atom. The van der Waals surface area contributed by atoms with Crippen molar-refractivity contribution in [3.05, 3.63) is 59.1 Å². The number of ether oxygens (including phenoxy) is 1. The molecule has 0 atom stereocenters. The van der Waals surface area contributed by atoms with Crippen molar-refractivity contribution < 1.29 is 4.74 Å². The monoisotopic (exact) mass is 359 g/mol. The minimum absolute atomic E-state index is 0.638. The zero-order valence-electron chi connectivity index (χ0n) is 13.3. The smallest absolute Gasteiger partial charge is 0.208 e. The summed E-state index contributed by atoms with van der Waals surface area (Å²) in [6, 6.07) is 15.9. The van der Waals surface area contributed by atoms with Gasteiger partial charge in [-0.2, -0.15) is 0 Å². The molecule has 0 spiro atoms. The van der Waals surface area contributed by atoms with E-state index in [1.165, 1.54) is 5.56 Å². The number of benzene rings is 2. The molecule has 1 aromatic heterocycles. The van der Waals surface area contributed by atoms with Gasteiger partial charge in [0.05, 0.1) is 12.7 Å². The van der Waals surface area contributed by atoms with Crippen molar-refractivity contribution in [2.24, 2.45) is 0 Å². The number of halogens is 1. The van der Waals surface area contributed by atoms with Crippen molar-refractivity contribution in [2.45, 2.75) is 18.0 Å². The Hall–Kier alpha value is -1.98. The van der Waals surface area contributed by atoms with Crippen LogP contribution in [0.25, 0.3) is 11.4 Å². The highest BCUT2D eigenvalue weighted by molar-refractivity contribution is 7.99. The van der Waals surface area contributed by atoms with Crippen LogP contribution in [0.3, 0.4) is 0 Å². The molecule has 0 fully saturated rings. The maximum atomic E-state index is 6.07. The lowest BCUT2D eigenvalue weighted by atomic mass is 10.1. The van der Waals surface area contributed by atoms with E-state index in [0.29, 0.717) is 10.8 Å². The number of nitrogens with one attached hydrogen (secondary N) is 1. The zero-order valence-corrected chi connectivity index (χ0v) is 14.9. The van der Waals surface area contributed by atoms with E-state index >= 15 is 0 Å². The normalized spacial score (nSPS) is 10.8. The van der Waals surface area contributed by atoms with Gasteiger partial charge in [0.2, 0.25) is 5.16 Å². The standard InChI is InChI=1S/C18H18ClN3OS/c1-23-16-10-9-14(19)12-15(16)17-20-18(22-21-17)24-11-5-8-13-6-3-2-4-7-13/h2-4,6-7,9-10,12H,5,8,11H2,1H3,(H,20,21,22). The Kier molecular flexibility index (Phi) is 5.77. The first-order chi connectivity index (χ1) is 11.8. The SMILES string of the molecule is COc1ccc(Cl)cc1-c1nc(SCCCc2ccccc2)n[nH]1. The van der Waals surface area contributed by atoms with Gasteiger partial charge in [-0.25, -0.2) is 4.98 Å². The number of aromatic nitrogens is 3. The van der Waals surface area contributed by atoms with Crippen LogP contribution in [0.1, 0.15) is 12.0 Å². The van der Waals surface area contributed by atoms with Crippen LogP contribution in [-0.2, 0) is 6.42 Å². The molecule has 0 aliphatic heterocycles. The molecule has 3 rings (SSSR count). The highest BCUT2D eigenvalue weighted by atomic mass is 35.5. The lowest BCUT2D eigenvalue weighted by Gasteiger charge is -2.05. The summed E-state index contributed by atoms with van der Waals surface area (Å²) in [5, 5.41) is 8.61. The number of H-pyrrole nitrogens is 1. The molecule has 6 heteroatoms. The third kappa shape index (κ3) is 4.30. The maximum absolute atomic E-state index is 6.07. The Balaban J connectivity index is 1.59. The third-order valence-corrected chi connectivity index (χ3v) is 4.73. The fraction of sp³-hybridized carbons (Fsp3) is 0.222. The van der Waals surface area contributed by atoms with Crippen molar-refractivity contribution in [1.29, 1.82) is 0 Å². The summed E-state index contributed by atoms with van der Waals surface area (Å²) in [6.45, 7) is 0. The van der Waals surface area contributed by atoms with Gasteiger partial charge in [-0.1, -0.05) is 53.7 Å². The second-order valence-corrected chi connectivity index (χ2v) is 6.75. The van der Waals surface area contributed by atoms with E-state index in [-0.39, 0.29) is 0 Å². The highest BCUT2D eigenvalue weighted by Gasteiger charge is 2.12. The first-order valence-electron chi connectivity index (χ1n) is 7.69. The first-order valence-corrected chi connectivity index (χ1v) is 9.05. The third-order valence-electron chi connectivity index (χ3n) is 3.57. The summed E-state index contributed by atoms with van der Waals surface area (Å²) in [6.07, 6.45) is 2.15. The van der Waals surface area contributed by atoms with Crippen LogP contribution < -0.4 is 4.74 Å². The minimum Gasteiger partial charge on any atom is -0.496 e. The van der Waals surface area contributed by atoms with Gasteiger partial charge in [0.15, 0.2) is 5.82 Å². The molecule has 0 aliphatic rings. The van der Waals surface area contributed by atoms with Crippen molar-refractivity contribution in [3.8, 4) is 17.1 Å². The van der Waals surface area contributed by atoms with E-state index < -0.39 is 0 Å². The van der Waals surface area contributed by atoms with Gasteiger partial charge in [-0.3, -0.25) is 5.10 Å². The molecule has 0 aliphatic carbocycles. The number of thioether (sulfide) groups is 1. The maximum Gasteiger partial charge on any atom is 0.208 e. The summed E-state index contributed by atoms with van der Waals surface area (Å²) < 4.78 is 5.36. The van der Waals surface area contributed by atoms with Gasteiger partial charge in [0.1, 0.15) is 5.75 Å². The molecule has 0 amide bonds. The van der Waals surface area contributed by atoms with Crippen LogP contribution in [0.2, 0.25) is 5.02 Å². The Morgan fingerprint density at radius 3 is 2.79 bits per heavy atom. The second-order valence-electron chi connectivity index (χ2n) is 5.25. The molecule has 3 aromatic rings.